The molecule has 0 aliphatic carbocycles. The van der Waals surface area contributed by atoms with Crippen molar-refractivity contribution in [1.82, 2.24) is 14.5 Å². The summed E-state index contributed by atoms with van der Waals surface area (Å²) in [4.78, 5) is 25.2. The molecule has 9 nitrogen and oxygen atoms in total. The Balaban J connectivity index is 0.000000370. The van der Waals surface area contributed by atoms with E-state index in [2.05, 4.69) is 9.62 Å². The van der Waals surface area contributed by atoms with Gasteiger partial charge in [0, 0.05) is 44.6 Å². The van der Waals surface area contributed by atoms with E-state index in [1.54, 1.807) is 0 Å². The molecule has 3 atom stereocenters. The Hall–Kier alpha value is -1.44. The number of amides is 1. The lowest BCUT2D eigenvalue weighted by molar-refractivity contribution is -0.192. The van der Waals surface area contributed by atoms with Crippen molar-refractivity contribution in [3.8, 4) is 0 Å². The minimum absolute atomic E-state index is 0.137. The van der Waals surface area contributed by atoms with Crippen molar-refractivity contribution >= 4 is 21.9 Å². The fourth-order valence-electron chi connectivity index (χ4n) is 3.74. The average Bonchev–Trinajstić information content (AvgIpc) is 3.29. The Morgan fingerprint density at radius 2 is 1.79 bits per heavy atom. The molecule has 3 heterocycles. The number of hydrogen-bond acceptors (Lipinski definition) is 6. The van der Waals surface area contributed by atoms with E-state index in [9.17, 15) is 26.4 Å². The molecule has 0 aromatic carbocycles. The lowest BCUT2D eigenvalue weighted by Gasteiger charge is -2.22. The Labute approximate surface area is 167 Å². The molecule has 0 radical (unpaired) electrons. The van der Waals surface area contributed by atoms with Gasteiger partial charge < -0.3 is 14.7 Å². The highest BCUT2D eigenvalue weighted by atomic mass is 32.2. The number of carboxylic acids is 1. The molecule has 3 rings (SSSR count). The molecule has 0 bridgehead atoms. The van der Waals surface area contributed by atoms with E-state index in [0.29, 0.717) is 25.6 Å². The summed E-state index contributed by atoms with van der Waals surface area (Å²) < 4.78 is 62.6. The molecule has 29 heavy (non-hydrogen) atoms. The van der Waals surface area contributed by atoms with Crippen LogP contribution in [0.4, 0.5) is 13.2 Å². The number of ether oxygens (including phenoxy) is 1. The number of nitrogens with one attached hydrogen (secondary N) is 1. The van der Waals surface area contributed by atoms with E-state index < -0.39 is 22.2 Å². The summed E-state index contributed by atoms with van der Waals surface area (Å²) in [6.45, 7) is 4.86. The van der Waals surface area contributed by atoms with E-state index in [1.165, 1.54) is 6.26 Å². The smallest absolute Gasteiger partial charge is 0.475 e. The average molecular weight is 445 g/mol. The van der Waals surface area contributed by atoms with Crippen LogP contribution in [0.25, 0.3) is 0 Å². The zero-order chi connectivity index (χ0) is 21.8. The number of carboxylic acid groups (broad SMARTS) is 1. The first kappa shape index (κ1) is 23.8. The summed E-state index contributed by atoms with van der Waals surface area (Å²) in [5.41, 5.74) is 0. The van der Waals surface area contributed by atoms with Crippen molar-refractivity contribution in [1.29, 1.82) is 0 Å². The summed E-state index contributed by atoms with van der Waals surface area (Å²) in [6.07, 6.45) is -1.55. The predicted octanol–water partition coefficient (Wildman–Crippen LogP) is -0.262. The molecule has 0 aromatic rings. The van der Waals surface area contributed by atoms with Gasteiger partial charge in [0.15, 0.2) is 0 Å². The quantitative estimate of drug-likeness (QED) is 0.599. The highest BCUT2D eigenvalue weighted by molar-refractivity contribution is 7.88. The Morgan fingerprint density at radius 3 is 2.31 bits per heavy atom. The van der Waals surface area contributed by atoms with Gasteiger partial charge in [0.25, 0.3) is 0 Å². The van der Waals surface area contributed by atoms with Crippen LogP contribution >= 0.6 is 0 Å². The highest BCUT2D eigenvalue weighted by Crippen LogP contribution is 2.33. The lowest BCUT2D eigenvalue weighted by Crippen LogP contribution is -2.39. The molecule has 3 saturated heterocycles. The van der Waals surface area contributed by atoms with Gasteiger partial charge in [0.2, 0.25) is 15.9 Å². The zero-order valence-electron chi connectivity index (χ0n) is 16.0. The SMILES string of the molecule is CS(=O)(=O)NC[C@H]1CO[C@@H]2CN(CC(=O)N3CCCC3)C[C@H]12.O=C(O)C(F)(F)F. The minimum Gasteiger partial charge on any atom is -0.475 e. The number of fused-ring (bicyclic) bond motifs is 1. The van der Waals surface area contributed by atoms with Crippen LogP contribution < -0.4 is 4.72 Å². The number of hydrogen-bond donors (Lipinski definition) is 2. The van der Waals surface area contributed by atoms with Crippen molar-refractivity contribution in [2.45, 2.75) is 25.1 Å². The van der Waals surface area contributed by atoms with Gasteiger partial charge in [-0.25, -0.2) is 17.9 Å². The number of carbonyl (C=O) groups is 2. The second kappa shape index (κ2) is 9.58. The Bertz CT molecular complexity index is 697. The number of aliphatic carboxylic acids is 1. The Kier molecular flexibility index (Phi) is 7.87. The summed E-state index contributed by atoms with van der Waals surface area (Å²) in [5.74, 6) is -2.02. The van der Waals surface area contributed by atoms with E-state index in [4.69, 9.17) is 14.6 Å². The molecule has 13 heteroatoms. The van der Waals surface area contributed by atoms with Crippen LogP contribution in [-0.2, 0) is 24.3 Å². The number of rotatable bonds is 5. The van der Waals surface area contributed by atoms with Gasteiger partial charge in [-0.3, -0.25) is 9.69 Å². The summed E-state index contributed by atoms with van der Waals surface area (Å²) in [6, 6.07) is 0. The van der Waals surface area contributed by atoms with E-state index >= 15 is 0 Å². The van der Waals surface area contributed by atoms with Crippen molar-refractivity contribution in [3.63, 3.8) is 0 Å². The second-order valence-electron chi connectivity index (χ2n) is 7.50. The van der Waals surface area contributed by atoms with Gasteiger partial charge in [-0.15, -0.1) is 0 Å². The zero-order valence-corrected chi connectivity index (χ0v) is 16.8. The molecule has 168 valence electrons. The van der Waals surface area contributed by atoms with Crippen LogP contribution in [0.3, 0.4) is 0 Å². The molecule has 0 spiro atoms. The minimum atomic E-state index is -5.08. The molecule has 1 amide bonds. The molecule has 3 aliphatic rings. The molecule has 0 aromatic heterocycles. The number of nitrogens with zero attached hydrogens (tertiary/aromatic N) is 2. The van der Waals surface area contributed by atoms with Crippen LogP contribution in [0.5, 0.6) is 0 Å². The van der Waals surface area contributed by atoms with Crippen molar-refractivity contribution in [3.05, 3.63) is 0 Å². The number of carbonyl (C=O) groups excluding carboxylic acids is 1. The monoisotopic (exact) mass is 445 g/mol. The third kappa shape index (κ3) is 7.39. The molecular weight excluding hydrogens is 419 g/mol. The maximum atomic E-state index is 12.2. The van der Waals surface area contributed by atoms with Crippen molar-refractivity contribution in [2.24, 2.45) is 11.8 Å². The standard InChI is InChI=1S/C14H25N3O4S.C2HF3O2/c1-22(19,20)15-6-11-10-21-13-8-16(7-12(11)13)9-14(18)17-4-2-3-5-17;3-2(4,5)1(6)7/h11-13,15H,2-10H2,1H3;(H,6,7)/t11-,12+,13+;/m0./s1. The third-order valence-corrected chi connectivity index (χ3v) is 5.87. The lowest BCUT2D eigenvalue weighted by atomic mass is 9.93. The van der Waals surface area contributed by atoms with Crippen molar-refractivity contribution in [2.75, 3.05) is 52.1 Å². The molecule has 3 fully saturated rings. The van der Waals surface area contributed by atoms with Crippen LogP contribution in [0.1, 0.15) is 12.8 Å². The summed E-state index contributed by atoms with van der Waals surface area (Å²) in [5, 5.41) is 7.12. The van der Waals surface area contributed by atoms with Gasteiger partial charge in [-0.05, 0) is 12.8 Å². The molecule has 0 unspecified atom stereocenters. The van der Waals surface area contributed by atoms with Crippen LogP contribution in [0, 0.1) is 11.8 Å². The Morgan fingerprint density at radius 1 is 1.21 bits per heavy atom. The fourth-order valence-corrected chi connectivity index (χ4v) is 4.25. The number of alkyl halides is 3. The van der Waals surface area contributed by atoms with E-state index in [1.807, 2.05) is 4.90 Å². The van der Waals surface area contributed by atoms with Crippen LogP contribution in [0.2, 0.25) is 0 Å². The van der Waals surface area contributed by atoms with Crippen LogP contribution in [-0.4, -0.2) is 99.6 Å². The van der Waals surface area contributed by atoms with Gasteiger partial charge in [0.05, 0.1) is 25.5 Å². The first-order valence-corrected chi connectivity index (χ1v) is 11.1. The first-order valence-electron chi connectivity index (χ1n) is 9.23. The summed E-state index contributed by atoms with van der Waals surface area (Å²) >= 11 is 0. The highest BCUT2D eigenvalue weighted by Gasteiger charge is 2.44. The topological polar surface area (TPSA) is 116 Å². The maximum absolute atomic E-state index is 12.2. The largest absolute Gasteiger partial charge is 0.490 e. The molecule has 3 aliphatic heterocycles. The summed E-state index contributed by atoms with van der Waals surface area (Å²) in [7, 11) is -3.16. The maximum Gasteiger partial charge on any atom is 0.490 e. The van der Waals surface area contributed by atoms with Crippen molar-refractivity contribution < 1.29 is 41.0 Å². The van der Waals surface area contributed by atoms with E-state index in [0.717, 1.165) is 39.0 Å². The molecular formula is C16H26F3N3O6S. The normalized spacial score (nSPS) is 27.4. The second-order valence-corrected chi connectivity index (χ2v) is 9.33. The third-order valence-electron chi connectivity index (χ3n) is 5.18. The number of likely N-dealkylation sites (tertiary alicyclic amines) is 2. The van der Waals surface area contributed by atoms with E-state index in [-0.39, 0.29) is 17.9 Å². The van der Waals surface area contributed by atoms with Gasteiger partial charge in [-0.1, -0.05) is 0 Å². The van der Waals surface area contributed by atoms with Gasteiger partial charge >= 0.3 is 12.1 Å². The molecule has 0 saturated carbocycles. The van der Waals surface area contributed by atoms with Gasteiger partial charge in [-0.2, -0.15) is 13.2 Å². The number of sulfonamides is 1. The number of halogens is 3. The first-order chi connectivity index (χ1) is 13.4. The van der Waals surface area contributed by atoms with Crippen LogP contribution in [0.15, 0.2) is 0 Å². The molecule has 2 N–H and O–H groups in total. The van der Waals surface area contributed by atoms with Gasteiger partial charge in [0.1, 0.15) is 0 Å². The predicted molar refractivity (Wildman–Crippen MR) is 95.5 cm³/mol. The fraction of sp³-hybridized carbons (Fsp3) is 0.875.